The van der Waals surface area contributed by atoms with Crippen molar-refractivity contribution < 1.29 is 19.4 Å². The Morgan fingerprint density at radius 2 is 1.22 bits per heavy atom. The molecule has 0 radical (unpaired) electrons. The van der Waals surface area contributed by atoms with Crippen LogP contribution >= 0.6 is 0 Å². The van der Waals surface area contributed by atoms with Crippen LogP contribution in [0.1, 0.15) is 126 Å². The molecule has 0 aliphatic carbocycles. The highest BCUT2D eigenvalue weighted by atomic mass is 16.6. The number of hydrogen-bond acceptors (Lipinski definition) is 4. The lowest BCUT2D eigenvalue weighted by Crippen LogP contribution is -2.27. The van der Waals surface area contributed by atoms with E-state index in [4.69, 9.17) is 4.74 Å². The van der Waals surface area contributed by atoms with Gasteiger partial charge in [0.05, 0.1) is 5.56 Å². The zero-order chi connectivity index (χ0) is 26.6. The van der Waals surface area contributed by atoms with Crippen LogP contribution in [0.5, 0.6) is 11.5 Å². The monoisotopic (exact) mass is 509 g/mol. The number of hydrogen-bond donors (Lipinski definition) is 2. The number of ketones is 1. The Kier molecular flexibility index (Phi) is 15.9. The third-order valence-electron chi connectivity index (χ3n) is 6.76. The molecule has 0 saturated heterocycles. The van der Waals surface area contributed by atoms with Crippen LogP contribution in [-0.4, -0.2) is 23.5 Å². The average molecular weight is 510 g/mol. The number of nitrogens with one attached hydrogen (secondary N) is 1. The first-order chi connectivity index (χ1) is 18.1. The maximum absolute atomic E-state index is 12.5. The summed E-state index contributed by atoms with van der Waals surface area (Å²) < 4.78 is 5.24. The van der Waals surface area contributed by atoms with E-state index >= 15 is 0 Å². The van der Waals surface area contributed by atoms with Gasteiger partial charge in [0.15, 0.2) is 5.78 Å². The van der Waals surface area contributed by atoms with Gasteiger partial charge in [-0.1, -0.05) is 134 Å². The lowest BCUT2D eigenvalue weighted by molar-refractivity contribution is 0.103. The molecule has 2 rings (SSSR count). The quantitative estimate of drug-likeness (QED) is 0.138. The Morgan fingerprint density at radius 1 is 0.703 bits per heavy atom. The molecule has 2 aromatic carbocycles. The van der Waals surface area contributed by atoms with E-state index in [0.29, 0.717) is 12.1 Å². The van der Waals surface area contributed by atoms with E-state index in [1.807, 2.05) is 6.07 Å². The number of carbonyl (C=O) groups excluding carboxylic acids is 2. The van der Waals surface area contributed by atoms with Gasteiger partial charge in [0.25, 0.3) is 0 Å². The van der Waals surface area contributed by atoms with Crippen LogP contribution in [0.15, 0.2) is 48.5 Å². The Balaban J connectivity index is 1.45. The fraction of sp³-hybridized carbons (Fsp3) is 0.562. The van der Waals surface area contributed by atoms with Crippen molar-refractivity contribution in [3.05, 3.63) is 59.7 Å². The molecule has 0 heterocycles. The second-order valence-electron chi connectivity index (χ2n) is 9.99. The van der Waals surface area contributed by atoms with Gasteiger partial charge in [-0.3, -0.25) is 4.79 Å². The Bertz CT molecular complexity index is 897. The van der Waals surface area contributed by atoms with Gasteiger partial charge in [-0.25, -0.2) is 4.79 Å². The van der Waals surface area contributed by atoms with E-state index in [2.05, 4.69) is 12.2 Å². The van der Waals surface area contributed by atoms with Gasteiger partial charge < -0.3 is 15.2 Å². The molecule has 0 aromatic heterocycles. The molecule has 0 aliphatic rings. The number of rotatable bonds is 20. The van der Waals surface area contributed by atoms with E-state index in [1.165, 1.54) is 108 Å². The molecule has 0 aliphatic heterocycles. The molecule has 0 saturated carbocycles. The number of ether oxygens (including phenoxy) is 1. The Morgan fingerprint density at radius 3 is 1.73 bits per heavy atom. The molecule has 37 heavy (non-hydrogen) atoms. The fourth-order valence-corrected chi connectivity index (χ4v) is 4.52. The zero-order valence-corrected chi connectivity index (χ0v) is 22.8. The van der Waals surface area contributed by atoms with E-state index in [0.717, 1.165) is 12.8 Å². The number of phenolic OH excluding ortho intramolecular Hbond substituents is 1. The average Bonchev–Trinajstić information content (AvgIpc) is 2.90. The molecule has 0 atom stereocenters. The summed E-state index contributed by atoms with van der Waals surface area (Å²) in [5.74, 6) is -0.291. The molecule has 2 N–H and O–H groups in total. The van der Waals surface area contributed by atoms with Gasteiger partial charge in [-0.05, 0) is 18.6 Å². The Labute approximate surface area is 224 Å². The first-order valence-electron chi connectivity index (χ1n) is 14.5. The van der Waals surface area contributed by atoms with Crippen molar-refractivity contribution in [2.45, 2.75) is 110 Å². The van der Waals surface area contributed by atoms with Gasteiger partial charge in [0.1, 0.15) is 11.5 Å². The van der Waals surface area contributed by atoms with Gasteiger partial charge in [0.2, 0.25) is 0 Å². The van der Waals surface area contributed by atoms with Crippen molar-refractivity contribution in [3.8, 4) is 11.5 Å². The smallest absolute Gasteiger partial charge is 0.412 e. The number of benzene rings is 2. The topological polar surface area (TPSA) is 75.6 Å². The second kappa shape index (κ2) is 19.3. The summed E-state index contributed by atoms with van der Waals surface area (Å²) in [5, 5.41) is 13.0. The molecule has 5 nitrogen and oxygen atoms in total. The first kappa shape index (κ1) is 30.4. The van der Waals surface area contributed by atoms with Gasteiger partial charge in [-0.2, -0.15) is 0 Å². The number of phenols is 1. The van der Waals surface area contributed by atoms with Crippen LogP contribution in [0.25, 0.3) is 0 Å². The summed E-state index contributed by atoms with van der Waals surface area (Å²) in [6, 6.07) is 13.0. The summed E-state index contributed by atoms with van der Waals surface area (Å²) in [6.45, 7) is 2.83. The highest BCUT2D eigenvalue weighted by Crippen LogP contribution is 2.26. The normalized spacial score (nSPS) is 10.8. The van der Waals surface area contributed by atoms with Crippen LogP contribution in [0.3, 0.4) is 0 Å². The molecule has 5 heteroatoms. The van der Waals surface area contributed by atoms with Crippen molar-refractivity contribution >= 4 is 11.9 Å². The van der Waals surface area contributed by atoms with Gasteiger partial charge in [0, 0.05) is 18.2 Å². The van der Waals surface area contributed by atoms with E-state index in [9.17, 15) is 14.7 Å². The lowest BCUT2D eigenvalue weighted by Gasteiger charge is -2.09. The van der Waals surface area contributed by atoms with Crippen molar-refractivity contribution in [2.75, 3.05) is 6.54 Å². The summed E-state index contributed by atoms with van der Waals surface area (Å²) in [7, 11) is 0. The van der Waals surface area contributed by atoms with Crippen LogP contribution in [0, 0.1) is 0 Å². The predicted molar refractivity (Wildman–Crippen MR) is 152 cm³/mol. The molecule has 0 spiro atoms. The molecular weight excluding hydrogens is 462 g/mol. The maximum Gasteiger partial charge on any atom is 0.412 e. The highest BCUT2D eigenvalue weighted by Gasteiger charge is 2.15. The minimum absolute atomic E-state index is 0.173. The van der Waals surface area contributed by atoms with Crippen molar-refractivity contribution in [1.82, 2.24) is 5.32 Å². The molecule has 0 bridgehead atoms. The molecule has 1 amide bonds. The molecule has 0 fully saturated rings. The number of carbonyl (C=O) groups is 2. The largest absolute Gasteiger partial charge is 0.507 e. The van der Waals surface area contributed by atoms with E-state index in [1.54, 1.807) is 24.3 Å². The molecule has 2 aromatic rings. The number of unbranched alkanes of at least 4 members (excludes halogenated alkanes) is 15. The predicted octanol–water partition coefficient (Wildman–Crippen LogP) is 8.97. The third kappa shape index (κ3) is 13.3. The van der Waals surface area contributed by atoms with Gasteiger partial charge in [-0.15, -0.1) is 0 Å². The van der Waals surface area contributed by atoms with Crippen molar-refractivity contribution in [3.63, 3.8) is 0 Å². The second-order valence-corrected chi connectivity index (χ2v) is 9.99. The van der Waals surface area contributed by atoms with E-state index < -0.39 is 6.09 Å². The van der Waals surface area contributed by atoms with E-state index in [-0.39, 0.29) is 22.8 Å². The van der Waals surface area contributed by atoms with Crippen LogP contribution < -0.4 is 10.1 Å². The molecular formula is C32H47NO4. The minimum atomic E-state index is -0.553. The molecule has 0 unspecified atom stereocenters. The SMILES string of the molecule is CCCCCCCCCCCCCCCCCCNC(=O)Oc1ccc(C(=O)c2ccccc2)c(O)c1. The standard InChI is InChI=1S/C32H47NO4/c1-2-3-4-5-6-7-8-9-10-11-12-13-14-15-16-20-25-33-32(36)37-28-23-24-29(30(34)26-28)31(35)27-21-18-17-19-22-27/h17-19,21-24,26,34H,2-16,20,25H2,1H3,(H,33,36). The summed E-state index contributed by atoms with van der Waals surface area (Å²) in [4.78, 5) is 24.5. The summed E-state index contributed by atoms with van der Waals surface area (Å²) >= 11 is 0. The molecule has 204 valence electrons. The van der Waals surface area contributed by atoms with Gasteiger partial charge >= 0.3 is 6.09 Å². The third-order valence-corrected chi connectivity index (χ3v) is 6.76. The van der Waals surface area contributed by atoms with Crippen LogP contribution in [-0.2, 0) is 0 Å². The van der Waals surface area contributed by atoms with Crippen molar-refractivity contribution in [2.24, 2.45) is 0 Å². The maximum atomic E-state index is 12.5. The van der Waals surface area contributed by atoms with Crippen LogP contribution in [0.2, 0.25) is 0 Å². The zero-order valence-electron chi connectivity index (χ0n) is 22.8. The summed E-state index contributed by atoms with van der Waals surface area (Å²) in [6.07, 6.45) is 20.5. The fourth-order valence-electron chi connectivity index (χ4n) is 4.52. The first-order valence-corrected chi connectivity index (χ1v) is 14.5. The summed E-state index contributed by atoms with van der Waals surface area (Å²) in [5.41, 5.74) is 0.662. The van der Waals surface area contributed by atoms with Crippen molar-refractivity contribution in [1.29, 1.82) is 0 Å². The lowest BCUT2D eigenvalue weighted by atomic mass is 10.0. The van der Waals surface area contributed by atoms with Crippen LogP contribution in [0.4, 0.5) is 4.79 Å². The highest BCUT2D eigenvalue weighted by molar-refractivity contribution is 6.10. The Hall–Kier alpha value is -2.82. The number of amides is 1. The number of aromatic hydroxyl groups is 1. The minimum Gasteiger partial charge on any atom is -0.507 e.